The molecule has 0 N–H and O–H groups in total. The third-order valence-electron chi connectivity index (χ3n) is 6.27. The van der Waals surface area contributed by atoms with E-state index in [0.717, 1.165) is 16.6 Å². The van der Waals surface area contributed by atoms with E-state index in [1.54, 1.807) is 11.1 Å². The predicted octanol–water partition coefficient (Wildman–Crippen LogP) is 4.86. The Morgan fingerprint density at radius 2 is 1.88 bits per heavy atom. The van der Waals surface area contributed by atoms with Gasteiger partial charge in [-0.25, -0.2) is 19.2 Å². The van der Waals surface area contributed by atoms with Gasteiger partial charge in [0.05, 0.1) is 17.7 Å². The average Bonchev–Trinajstić information content (AvgIpc) is 2.92. The van der Waals surface area contributed by atoms with Gasteiger partial charge in [-0.1, -0.05) is 0 Å². The minimum atomic E-state index is -1.06. The van der Waals surface area contributed by atoms with E-state index in [0.29, 0.717) is 30.7 Å². The van der Waals surface area contributed by atoms with Gasteiger partial charge < -0.3 is 18.9 Å². The van der Waals surface area contributed by atoms with Crippen molar-refractivity contribution in [2.24, 2.45) is 0 Å². The zero-order valence-corrected chi connectivity index (χ0v) is 20.4. The van der Waals surface area contributed by atoms with Crippen molar-refractivity contribution in [2.45, 2.75) is 78.2 Å². The Morgan fingerprint density at radius 3 is 2.52 bits per heavy atom. The van der Waals surface area contributed by atoms with Crippen LogP contribution in [-0.4, -0.2) is 51.4 Å². The molecule has 0 bridgehead atoms. The van der Waals surface area contributed by atoms with Gasteiger partial charge in [0.2, 0.25) is 0 Å². The molecule has 1 fully saturated rings. The number of hydrogen-bond acceptors (Lipinski definition) is 6. The van der Waals surface area contributed by atoms with E-state index in [9.17, 15) is 9.18 Å². The summed E-state index contributed by atoms with van der Waals surface area (Å²) in [4.78, 5) is 23.2. The van der Waals surface area contributed by atoms with Gasteiger partial charge >= 0.3 is 13.2 Å². The molecule has 2 aromatic rings. The molecule has 0 atom stereocenters. The number of nitrogens with zero attached hydrogens (tertiary/aromatic N) is 3. The van der Waals surface area contributed by atoms with E-state index in [1.807, 2.05) is 60.6 Å². The number of aromatic nitrogens is 2. The molecular formula is C24H31BFN3O4. The van der Waals surface area contributed by atoms with E-state index in [4.69, 9.17) is 14.0 Å². The van der Waals surface area contributed by atoms with Crippen molar-refractivity contribution in [3.63, 3.8) is 0 Å². The summed E-state index contributed by atoms with van der Waals surface area (Å²) in [6.45, 7) is 14.0. The first-order valence-electron chi connectivity index (χ1n) is 11.2. The van der Waals surface area contributed by atoms with Crippen molar-refractivity contribution >= 4 is 30.3 Å². The summed E-state index contributed by atoms with van der Waals surface area (Å²) in [5, 5.41) is 0.773. The van der Waals surface area contributed by atoms with Crippen LogP contribution in [0.3, 0.4) is 0 Å². The van der Waals surface area contributed by atoms with E-state index < -0.39 is 29.6 Å². The maximum Gasteiger partial charge on any atom is 0.525 e. The van der Waals surface area contributed by atoms with Crippen molar-refractivity contribution < 1.29 is 23.2 Å². The third kappa shape index (κ3) is 4.89. The zero-order valence-electron chi connectivity index (χ0n) is 20.4. The predicted molar refractivity (Wildman–Crippen MR) is 125 cm³/mol. The van der Waals surface area contributed by atoms with Gasteiger partial charge in [-0.2, -0.15) is 0 Å². The fraction of sp³-hybridized carbons (Fsp3) is 0.542. The Labute approximate surface area is 194 Å². The molecule has 7 nitrogen and oxygen atoms in total. The van der Waals surface area contributed by atoms with Crippen LogP contribution in [0.2, 0.25) is 0 Å². The minimum absolute atomic E-state index is 0.340. The van der Waals surface area contributed by atoms with Gasteiger partial charge in [0.15, 0.2) is 5.65 Å². The van der Waals surface area contributed by atoms with Crippen LogP contribution >= 0.6 is 0 Å². The highest BCUT2D eigenvalue weighted by Gasteiger charge is 2.53. The SMILES string of the molecule is CC(C)(C)OC(=O)N1CCc2nc3ncc(C=C(F)B4OC(C)(C)C(C)(C)O4)cc3cc2C1. The molecule has 9 heteroatoms. The summed E-state index contributed by atoms with van der Waals surface area (Å²) in [5.41, 5.74) is 0.725. The second kappa shape index (κ2) is 8.06. The van der Waals surface area contributed by atoms with Crippen molar-refractivity contribution in [3.05, 3.63) is 40.9 Å². The maximum atomic E-state index is 14.9. The number of halogens is 1. The number of carbonyl (C=O) groups excluding carboxylic acids is 1. The molecule has 2 aliphatic heterocycles. The first-order chi connectivity index (χ1) is 15.2. The number of amides is 1. The van der Waals surface area contributed by atoms with Gasteiger partial charge in [-0.3, -0.25) is 0 Å². The lowest BCUT2D eigenvalue weighted by Crippen LogP contribution is -2.41. The van der Waals surface area contributed by atoms with E-state index in [2.05, 4.69) is 9.97 Å². The highest BCUT2D eigenvalue weighted by Crippen LogP contribution is 2.39. The van der Waals surface area contributed by atoms with Gasteiger partial charge in [-0.15, -0.1) is 0 Å². The van der Waals surface area contributed by atoms with Gasteiger partial charge in [0.25, 0.3) is 0 Å². The molecular weight excluding hydrogens is 424 g/mol. The highest BCUT2D eigenvalue weighted by molar-refractivity contribution is 6.54. The van der Waals surface area contributed by atoms with Crippen LogP contribution in [0.15, 0.2) is 24.1 Å². The Balaban J connectivity index is 1.56. The lowest BCUT2D eigenvalue weighted by molar-refractivity contribution is 0.00578. The molecule has 1 saturated heterocycles. The second-order valence-corrected chi connectivity index (χ2v) is 10.7. The number of hydrogen-bond donors (Lipinski definition) is 0. The van der Waals surface area contributed by atoms with Crippen LogP contribution in [0, 0.1) is 0 Å². The number of fused-ring (bicyclic) bond motifs is 2. The molecule has 0 unspecified atom stereocenters. The van der Waals surface area contributed by atoms with E-state index in [1.165, 1.54) is 6.08 Å². The Kier molecular flexibility index (Phi) is 5.77. The lowest BCUT2D eigenvalue weighted by atomic mass is 9.87. The lowest BCUT2D eigenvalue weighted by Gasteiger charge is -2.32. The Morgan fingerprint density at radius 1 is 1.21 bits per heavy atom. The third-order valence-corrected chi connectivity index (χ3v) is 6.27. The van der Waals surface area contributed by atoms with Gasteiger partial charge in [-0.05, 0) is 77.8 Å². The van der Waals surface area contributed by atoms with Crippen LogP contribution in [0.1, 0.15) is 65.3 Å². The smallest absolute Gasteiger partial charge is 0.444 e. The average molecular weight is 455 g/mol. The Bertz CT molecular complexity index is 1110. The zero-order chi connectivity index (χ0) is 24.2. The molecule has 176 valence electrons. The number of carbonyl (C=O) groups is 1. The maximum absolute atomic E-state index is 14.9. The summed E-state index contributed by atoms with van der Waals surface area (Å²) in [6, 6.07) is 3.79. The molecule has 33 heavy (non-hydrogen) atoms. The molecule has 0 saturated carbocycles. The van der Waals surface area contributed by atoms with Crippen LogP contribution in [-0.2, 0) is 27.0 Å². The van der Waals surface area contributed by atoms with Crippen LogP contribution in [0.4, 0.5) is 9.18 Å². The molecule has 0 radical (unpaired) electrons. The van der Waals surface area contributed by atoms with Gasteiger partial charge in [0.1, 0.15) is 11.3 Å². The molecule has 4 rings (SSSR count). The van der Waals surface area contributed by atoms with Crippen molar-refractivity contribution in [1.82, 2.24) is 14.9 Å². The van der Waals surface area contributed by atoms with Crippen LogP contribution in [0.25, 0.3) is 17.1 Å². The molecule has 0 aromatic carbocycles. The largest absolute Gasteiger partial charge is 0.525 e. The van der Waals surface area contributed by atoms with Crippen molar-refractivity contribution in [2.75, 3.05) is 6.54 Å². The Hall–Kier alpha value is -2.52. The molecule has 1 amide bonds. The molecule has 2 aromatic heterocycles. The summed E-state index contributed by atoms with van der Waals surface area (Å²) < 4.78 is 32.0. The fourth-order valence-corrected chi connectivity index (χ4v) is 3.78. The summed E-state index contributed by atoms with van der Waals surface area (Å²) in [5.74, 6) is 0. The normalized spacial score (nSPS) is 20.2. The summed E-state index contributed by atoms with van der Waals surface area (Å²) in [6.07, 6.45) is 3.25. The first kappa shape index (κ1) is 23.6. The minimum Gasteiger partial charge on any atom is -0.444 e. The molecule has 0 spiro atoms. The van der Waals surface area contributed by atoms with E-state index >= 15 is 0 Å². The number of ether oxygens (including phenoxy) is 1. The quantitative estimate of drug-likeness (QED) is 0.602. The first-order valence-corrected chi connectivity index (χ1v) is 11.2. The second-order valence-electron chi connectivity index (χ2n) is 10.7. The number of rotatable bonds is 2. The fourth-order valence-electron chi connectivity index (χ4n) is 3.78. The standard InChI is InChI=1S/C24H31BFN3O4/c1-22(2,3)31-21(30)29-9-8-18-17(14-29)12-16-10-15(13-27-20(16)28-18)11-19(26)25-32-23(4,5)24(6,7)33-25/h10-13H,8-9,14H2,1-7H3. The molecule has 4 heterocycles. The van der Waals surface area contributed by atoms with Crippen molar-refractivity contribution in [1.29, 1.82) is 0 Å². The van der Waals surface area contributed by atoms with Gasteiger partial charge in [0, 0.05) is 30.2 Å². The topological polar surface area (TPSA) is 73.8 Å². The monoisotopic (exact) mass is 455 g/mol. The summed E-state index contributed by atoms with van der Waals surface area (Å²) >= 11 is 0. The van der Waals surface area contributed by atoms with Crippen LogP contribution < -0.4 is 0 Å². The van der Waals surface area contributed by atoms with Crippen molar-refractivity contribution in [3.8, 4) is 0 Å². The van der Waals surface area contributed by atoms with Crippen LogP contribution in [0.5, 0.6) is 0 Å². The molecule has 0 aliphatic carbocycles. The summed E-state index contributed by atoms with van der Waals surface area (Å²) in [7, 11) is -1.06. The molecule has 2 aliphatic rings. The number of pyridine rings is 2. The van der Waals surface area contributed by atoms with E-state index in [-0.39, 0.29) is 6.09 Å². The highest BCUT2D eigenvalue weighted by atomic mass is 19.1.